The van der Waals surface area contributed by atoms with Crippen molar-refractivity contribution < 1.29 is 9.47 Å². The van der Waals surface area contributed by atoms with Crippen LogP contribution in [0.3, 0.4) is 0 Å². The van der Waals surface area contributed by atoms with Gasteiger partial charge in [-0.1, -0.05) is 0 Å². The SMILES string of the molecule is CNC1CCOCC1CN(C)CC1CCCOC1. The summed E-state index contributed by atoms with van der Waals surface area (Å²) >= 11 is 0. The largest absolute Gasteiger partial charge is 0.381 e. The smallest absolute Gasteiger partial charge is 0.0521 e. The van der Waals surface area contributed by atoms with Crippen molar-refractivity contribution in [1.29, 1.82) is 0 Å². The zero-order chi connectivity index (χ0) is 12.8. The van der Waals surface area contributed by atoms with Crippen molar-refractivity contribution >= 4 is 0 Å². The Balaban J connectivity index is 1.73. The standard InChI is InChI=1S/C14H28N2O2/c1-15-14-5-7-18-11-13(14)9-16(2)8-12-4-3-6-17-10-12/h12-15H,3-11H2,1-2H3. The molecule has 2 aliphatic rings. The first-order valence-electron chi connectivity index (χ1n) is 7.31. The molecule has 2 heterocycles. The van der Waals surface area contributed by atoms with Gasteiger partial charge in [0, 0.05) is 38.3 Å². The van der Waals surface area contributed by atoms with E-state index >= 15 is 0 Å². The number of nitrogens with zero attached hydrogens (tertiary/aromatic N) is 1. The average Bonchev–Trinajstić information content (AvgIpc) is 2.40. The predicted octanol–water partition coefficient (Wildman–Crippen LogP) is 0.969. The molecule has 4 heteroatoms. The summed E-state index contributed by atoms with van der Waals surface area (Å²) in [6.45, 7) is 5.99. The summed E-state index contributed by atoms with van der Waals surface area (Å²) in [5.41, 5.74) is 0. The van der Waals surface area contributed by atoms with Crippen molar-refractivity contribution in [2.75, 3.05) is 53.6 Å². The highest BCUT2D eigenvalue weighted by molar-refractivity contribution is 4.81. The molecule has 2 rings (SSSR count). The lowest BCUT2D eigenvalue weighted by molar-refractivity contribution is 0.00989. The maximum Gasteiger partial charge on any atom is 0.0521 e. The number of hydrogen-bond donors (Lipinski definition) is 1. The fourth-order valence-corrected chi connectivity index (χ4v) is 3.22. The molecule has 0 saturated carbocycles. The van der Waals surface area contributed by atoms with Gasteiger partial charge >= 0.3 is 0 Å². The molecule has 3 atom stereocenters. The zero-order valence-electron chi connectivity index (χ0n) is 11.9. The van der Waals surface area contributed by atoms with E-state index in [1.807, 2.05) is 0 Å². The quantitative estimate of drug-likeness (QED) is 0.795. The van der Waals surface area contributed by atoms with Gasteiger partial charge in [0.2, 0.25) is 0 Å². The Morgan fingerprint density at radius 2 is 1.94 bits per heavy atom. The lowest BCUT2D eigenvalue weighted by Crippen LogP contribution is -2.46. The Labute approximate surface area is 111 Å². The van der Waals surface area contributed by atoms with Crippen LogP contribution < -0.4 is 5.32 Å². The Hall–Kier alpha value is -0.160. The molecule has 0 bridgehead atoms. The Morgan fingerprint density at radius 1 is 1.11 bits per heavy atom. The topological polar surface area (TPSA) is 33.7 Å². The van der Waals surface area contributed by atoms with Gasteiger partial charge in [0.1, 0.15) is 0 Å². The summed E-state index contributed by atoms with van der Waals surface area (Å²) in [5, 5.41) is 3.43. The third-order valence-corrected chi connectivity index (χ3v) is 4.22. The minimum atomic E-state index is 0.615. The Bertz CT molecular complexity index is 232. The third kappa shape index (κ3) is 4.19. The van der Waals surface area contributed by atoms with Gasteiger partial charge in [-0.05, 0) is 39.3 Å². The summed E-state index contributed by atoms with van der Waals surface area (Å²) < 4.78 is 11.2. The second-order valence-corrected chi connectivity index (χ2v) is 5.82. The third-order valence-electron chi connectivity index (χ3n) is 4.22. The van der Waals surface area contributed by atoms with Crippen molar-refractivity contribution in [2.24, 2.45) is 11.8 Å². The van der Waals surface area contributed by atoms with Crippen LogP contribution in [0.1, 0.15) is 19.3 Å². The van der Waals surface area contributed by atoms with Gasteiger partial charge in [-0.3, -0.25) is 0 Å². The molecule has 1 N–H and O–H groups in total. The summed E-state index contributed by atoms with van der Waals surface area (Å²) in [6, 6.07) is 0.615. The number of hydrogen-bond acceptors (Lipinski definition) is 4. The number of nitrogens with one attached hydrogen (secondary N) is 1. The summed E-state index contributed by atoms with van der Waals surface area (Å²) in [4.78, 5) is 2.46. The van der Waals surface area contributed by atoms with Gasteiger partial charge in [0.25, 0.3) is 0 Å². The normalized spacial score (nSPS) is 33.8. The maximum atomic E-state index is 5.61. The lowest BCUT2D eigenvalue weighted by atomic mass is 9.94. The van der Waals surface area contributed by atoms with Crippen molar-refractivity contribution in [1.82, 2.24) is 10.2 Å². The van der Waals surface area contributed by atoms with Gasteiger partial charge in [-0.25, -0.2) is 0 Å². The molecule has 0 radical (unpaired) electrons. The second kappa shape index (κ2) is 7.43. The molecule has 0 aliphatic carbocycles. The molecule has 3 unspecified atom stereocenters. The van der Waals surface area contributed by atoms with E-state index in [0.717, 1.165) is 51.9 Å². The van der Waals surface area contributed by atoms with Crippen LogP contribution >= 0.6 is 0 Å². The van der Waals surface area contributed by atoms with Crippen molar-refractivity contribution in [2.45, 2.75) is 25.3 Å². The van der Waals surface area contributed by atoms with E-state index < -0.39 is 0 Å². The van der Waals surface area contributed by atoms with Gasteiger partial charge < -0.3 is 19.7 Å². The van der Waals surface area contributed by atoms with Crippen LogP contribution in [-0.2, 0) is 9.47 Å². The highest BCUT2D eigenvalue weighted by Gasteiger charge is 2.26. The molecular weight excluding hydrogens is 228 g/mol. The van der Waals surface area contributed by atoms with E-state index in [-0.39, 0.29) is 0 Å². The minimum absolute atomic E-state index is 0.615. The highest BCUT2D eigenvalue weighted by atomic mass is 16.5. The zero-order valence-corrected chi connectivity index (χ0v) is 11.9. The van der Waals surface area contributed by atoms with E-state index in [2.05, 4.69) is 24.3 Å². The molecule has 18 heavy (non-hydrogen) atoms. The van der Waals surface area contributed by atoms with Crippen LogP contribution in [0, 0.1) is 11.8 Å². The van der Waals surface area contributed by atoms with E-state index in [1.165, 1.54) is 12.8 Å². The predicted molar refractivity (Wildman–Crippen MR) is 72.8 cm³/mol. The molecular formula is C14H28N2O2. The van der Waals surface area contributed by atoms with Crippen molar-refractivity contribution in [3.8, 4) is 0 Å². The summed E-state index contributed by atoms with van der Waals surface area (Å²) in [7, 11) is 4.30. The highest BCUT2D eigenvalue weighted by Crippen LogP contribution is 2.18. The summed E-state index contributed by atoms with van der Waals surface area (Å²) in [5.74, 6) is 1.35. The molecule has 0 aromatic rings. The van der Waals surface area contributed by atoms with Crippen molar-refractivity contribution in [3.63, 3.8) is 0 Å². The minimum Gasteiger partial charge on any atom is -0.381 e. The average molecular weight is 256 g/mol. The summed E-state index contributed by atoms with van der Waals surface area (Å²) in [6.07, 6.45) is 3.69. The van der Waals surface area contributed by atoms with E-state index in [0.29, 0.717) is 12.0 Å². The van der Waals surface area contributed by atoms with Crippen LogP contribution in [0.15, 0.2) is 0 Å². The van der Waals surface area contributed by atoms with Crippen molar-refractivity contribution in [3.05, 3.63) is 0 Å². The van der Waals surface area contributed by atoms with Crippen LogP contribution in [-0.4, -0.2) is 64.6 Å². The van der Waals surface area contributed by atoms with Crippen LogP contribution in [0.25, 0.3) is 0 Å². The number of rotatable bonds is 5. The van der Waals surface area contributed by atoms with E-state index in [4.69, 9.17) is 9.47 Å². The Kier molecular flexibility index (Phi) is 5.89. The number of ether oxygens (including phenoxy) is 2. The monoisotopic (exact) mass is 256 g/mol. The fraction of sp³-hybridized carbons (Fsp3) is 1.00. The maximum absolute atomic E-state index is 5.61. The molecule has 2 aliphatic heterocycles. The molecule has 2 saturated heterocycles. The van der Waals surface area contributed by atoms with E-state index in [1.54, 1.807) is 0 Å². The molecule has 0 aromatic carbocycles. The lowest BCUT2D eigenvalue weighted by Gasteiger charge is -2.35. The second-order valence-electron chi connectivity index (χ2n) is 5.82. The first-order valence-corrected chi connectivity index (χ1v) is 7.31. The molecule has 0 aromatic heterocycles. The molecule has 0 spiro atoms. The van der Waals surface area contributed by atoms with Crippen LogP contribution in [0.4, 0.5) is 0 Å². The van der Waals surface area contributed by atoms with Crippen LogP contribution in [0.2, 0.25) is 0 Å². The van der Waals surface area contributed by atoms with Gasteiger partial charge in [-0.15, -0.1) is 0 Å². The molecule has 106 valence electrons. The first kappa shape index (κ1) is 14.3. The molecule has 0 amide bonds. The van der Waals surface area contributed by atoms with Gasteiger partial charge in [-0.2, -0.15) is 0 Å². The molecule has 2 fully saturated rings. The Morgan fingerprint density at radius 3 is 2.67 bits per heavy atom. The first-order chi connectivity index (χ1) is 8.79. The van der Waals surface area contributed by atoms with E-state index in [9.17, 15) is 0 Å². The molecule has 4 nitrogen and oxygen atoms in total. The van der Waals surface area contributed by atoms with Gasteiger partial charge in [0.15, 0.2) is 0 Å². The fourth-order valence-electron chi connectivity index (χ4n) is 3.22. The van der Waals surface area contributed by atoms with Gasteiger partial charge in [0.05, 0.1) is 13.2 Å². The van der Waals surface area contributed by atoms with Crippen LogP contribution in [0.5, 0.6) is 0 Å².